The second-order valence-corrected chi connectivity index (χ2v) is 5.62. The van der Waals surface area contributed by atoms with E-state index in [1.807, 2.05) is 6.07 Å². The van der Waals surface area contributed by atoms with Crippen LogP contribution < -0.4 is 14.8 Å². The number of hydrogen-bond acceptors (Lipinski definition) is 3. The van der Waals surface area contributed by atoms with Crippen molar-refractivity contribution >= 4 is 11.6 Å². The van der Waals surface area contributed by atoms with Gasteiger partial charge in [0.2, 0.25) is 0 Å². The molecule has 0 saturated heterocycles. The Morgan fingerprint density at radius 3 is 2.35 bits per heavy atom. The fourth-order valence-electron chi connectivity index (χ4n) is 1.98. The maximum Gasteiger partial charge on any atom is 0.166 e. The molecule has 0 spiro atoms. The topological polar surface area (TPSA) is 30.5 Å². The molecule has 114 valence electrons. The van der Waals surface area contributed by atoms with E-state index in [0.717, 1.165) is 24.2 Å². The Morgan fingerprint density at radius 1 is 1.20 bits per heavy atom. The molecule has 0 aliphatic carbocycles. The van der Waals surface area contributed by atoms with Crippen molar-refractivity contribution in [2.75, 3.05) is 7.11 Å². The van der Waals surface area contributed by atoms with Gasteiger partial charge in [0.05, 0.1) is 13.2 Å². The van der Waals surface area contributed by atoms with Gasteiger partial charge in [-0.1, -0.05) is 39.3 Å². The van der Waals surface area contributed by atoms with Crippen molar-refractivity contribution in [1.29, 1.82) is 0 Å². The van der Waals surface area contributed by atoms with Crippen molar-refractivity contribution < 1.29 is 9.47 Å². The van der Waals surface area contributed by atoms with Crippen LogP contribution in [0.5, 0.6) is 11.5 Å². The molecule has 0 bridgehead atoms. The summed E-state index contributed by atoms with van der Waals surface area (Å²) < 4.78 is 11.6. The lowest BCUT2D eigenvalue weighted by atomic mass is 10.1. The second-order valence-electron chi connectivity index (χ2n) is 5.19. The summed E-state index contributed by atoms with van der Waals surface area (Å²) in [5.74, 6) is 1.50. The Bertz CT molecular complexity index is 417. The molecule has 0 saturated carbocycles. The van der Waals surface area contributed by atoms with Gasteiger partial charge in [0, 0.05) is 29.2 Å². The van der Waals surface area contributed by atoms with Gasteiger partial charge in [-0.15, -0.1) is 0 Å². The van der Waals surface area contributed by atoms with Gasteiger partial charge in [-0.2, -0.15) is 0 Å². The number of methoxy groups -OCH3 is 1. The summed E-state index contributed by atoms with van der Waals surface area (Å²) in [4.78, 5) is 0. The number of hydrogen-bond donors (Lipinski definition) is 1. The van der Waals surface area contributed by atoms with Crippen molar-refractivity contribution in [3.63, 3.8) is 0 Å². The van der Waals surface area contributed by atoms with E-state index in [2.05, 4.69) is 33.0 Å². The van der Waals surface area contributed by atoms with E-state index in [4.69, 9.17) is 21.1 Å². The van der Waals surface area contributed by atoms with Crippen LogP contribution in [0.25, 0.3) is 0 Å². The number of ether oxygens (including phenoxy) is 2. The van der Waals surface area contributed by atoms with E-state index >= 15 is 0 Å². The van der Waals surface area contributed by atoms with Gasteiger partial charge in [0.1, 0.15) is 0 Å². The molecule has 4 heteroatoms. The molecule has 3 nitrogen and oxygen atoms in total. The Balaban J connectivity index is 3.07. The molecule has 0 unspecified atom stereocenters. The van der Waals surface area contributed by atoms with Gasteiger partial charge >= 0.3 is 0 Å². The molecular weight excluding hydrogens is 274 g/mol. The fraction of sp³-hybridized carbons (Fsp3) is 0.625. The van der Waals surface area contributed by atoms with Crippen LogP contribution in [0.4, 0.5) is 0 Å². The SMILES string of the molecule is CCC(CC)Oc1c(CNC(C)C)cc(Cl)cc1OC. The standard InChI is InChI=1S/C16H26ClNO2/c1-6-14(7-2)20-16-12(10-18-11(3)4)8-13(17)9-15(16)19-5/h8-9,11,14,18H,6-7,10H2,1-5H3. The Labute approximate surface area is 127 Å². The molecule has 0 aliphatic heterocycles. The molecule has 0 radical (unpaired) electrons. The van der Waals surface area contributed by atoms with Crippen LogP contribution in [0.1, 0.15) is 46.1 Å². The van der Waals surface area contributed by atoms with Crippen LogP contribution in [0.2, 0.25) is 5.02 Å². The zero-order valence-electron chi connectivity index (χ0n) is 13.1. The highest BCUT2D eigenvalue weighted by Gasteiger charge is 2.16. The van der Waals surface area contributed by atoms with E-state index in [1.54, 1.807) is 13.2 Å². The molecule has 1 rings (SSSR count). The summed E-state index contributed by atoms with van der Waals surface area (Å²) in [5.41, 5.74) is 1.04. The molecule has 0 heterocycles. The first-order valence-electron chi connectivity index (χ1n) is 7.28. The highest BCUT2D eigenvalue weighted by atomic mass is 35.5. The predicted octanol–water partition coefficient (Wildman–Crippen LogP) is 4.41. The first-order chi connectivity index (χ1) is 9.51. The van der Waals surface area contributed by atoms with Crippen molar-refractivity contribution in [3.8, 4) is 11.5 Å². The first-order valence-corrected chi connectivity index (χ1v) is 7.66. The van der Waals surface area contributed by atoms with Crippen molar-refractivity contribution in [1.82, 2.24) is 5.32 Å². The van der Waals surface area contributed by atoms with Gasteiger partial charge in [-0.3, -0.25) is 0 Å². The second kappa shape index (κ2) is 8.38. The fourth-order valence-corrected chi connectivity index (χ4v) is 2.21. The minimum atomic E-state index is 0.197. The summed E-state index contributed by atoms with van der Waals surface area (Å²) in [6.07, 6.45) is 2.14. The molecule has 20 heavy (non-hydrogen) atoms. The maximum atomic E-state index is 6.16. The lowest BCUT2D eigenvalue weighted by Gasteiger charge is -2.21. The normalized spacial score (nSPS) is 11.2. The van der Waals surface area contributed by atoms with Crippen LogP contribution in [0.3, 0.4) is 0 Å². The Kier molecular flexibility index (Phi) is 7.17. The number of benzene rings is 1. The highest BCUT2D eigenvalue weighted by molar-refractivity contribution is 6.30. The van der Waals surface area contributed by atoms with Crippen molar-refractivity contribution in [2.45, 2.75) is 59.2 Å². The third-order valence-electron chi connectivity index (χ3n) is 3.21. The third kappa shape index (κ3) is 4.88. The molecule has 0 atom stereocenters. The monoisotopic (exact) mass is 299 g/mol. The van der Waals surface area contributed by atoms with Crippen molar-refractivity contribution in [2.24, 2.45) is 0 Å². The quantitative estimate of drug-likeness (QED) is 0.771. The zero-order valence-corrected chi connectivity index (χ0v) is 13.9. The molecular formula is C16H26ClNO2. The molecule has 0 aliphatic rings. The molecule has 0 amide bonds. The number of nitrogens with one attached hydrogen (secondary N) is 1. The van der Waals surface area contributed by atoms with E-state index in [9.17, 15) is 0 Å². The molecule has 1 aromatic carbocycles. The lowest BCUT2D eigenvalue weighted by Crippen LogP contribution is -2.23. The van der Waals surface area contributed by atoms with Crippen LogP contribution in [-0.4, -0.2) is 19.3 Å². The molecule has 0 aromatic heterocycles. The van der Waals surface area contributed by atoms with Crippen LogP contribution in [0.15, 0.2) is 12.1 Å². The molecule has 0 fully saturated rings. The zero-order chi connectivity index (χ0) is 15.1. The summed E-state index contributed by atoms with van der Waals surface area (Å²) in [5, 5.41) is 4.06. The lowest BCUT2D eigenvalue weighted by molar-refractivity contribution is 0.182. The predicted molar refractivity (Wildman–Crippen MR) is 85.0 cm³/mol. The minimum Gasteiger partial charge on any atom is -0.493 e. The number of rotatable bonds is 8. The summed E-state index contributed by atoms with van der Waals surface area (Å²) in [6.45, 7) is 9.20. The van der Waals surface area contributed by atoms with E-state index in [1.165, 1.54) is 0 Å². The van der Waals surface area contributed by atoms with Gasteiger partial charge in [0.15, 0.2) is 11.5 Å². The number of halogens is 1. The van der Waals surface area contributed by atoms with Gasteiger partial charge in [-0.25, -0.2) is 0 Å². The average Bonchev–Trinajstić information content (AvgIpc) is 2.43. The smallest absolute Gasteiger partial charge is 0.166 e. The van der Waals surface area contributed by atoms with Gasteiger partial charge in [0.25, 0.3) is 0 Å². The van der Waals surface area contributed by atoms with E-state index in [0.29, 0.717) is 23.4 Å². The first kappa shape index (κ1) is 17.1. The Hall–Kier alpha value is -0.930. The van der Waals surface area contributed by atoms with Crippen LogP contribution in [0, 0.1) is 0 Å². The van der Waals surface area contributed by atoms with Gasteiger partial charge < -0.3 is 14.8 Å². The minimum absolute atomic E-state index is 0.197. The largest absolute Gasteiger partial charge is 0.493 e. The molecule has 1 N–H and O–H groups in total. The van der Waals surface area contributed by atoms with E-state index < -0.39 is 0 Å². The third-order valence-corrected chi connectivity index (χ3v) is 3.43. The maximum absolute atomic E-state index is 6.16. The summed E-state index contributed by atoms with van der Waals surface area (Å²) >= 11 is 6.16. The summed E-state index contributed by atoms with van der Waals surface area (Å²) in [7, 11) is 1.64. The average molecular weight is 300 g/mol. The molecule has 1 aromatic rings. The highest BCUT2D eigenvalue weighted by Crippen LogP contribution is 2.36. The summed E-state index contributed by atoms with van der Waals surface area (Å²) in [6, 6.07) is 4.15. The van der Waals surface area contributed by atoms with Crippen LogP contribution in [-0.2, 0) is 6.54 Å². The van der Waals surface area contributed by atoms with Gasteiger partial charge in [-0.05, 0) is 18.9 Å². The van der Waals surface area contributed by atoms with E-state index in [-0.39, 0.29) is 6.10 Å². The van der Waals surface area contributed by atoms with Crippen molar-refractivity contribution in [3.05, 3.63) is 22.7 Å². The van der Waals surface area contributed by atoms with Crippen LogP contribution >= 0.6 is 11.6 Å². The Morgan fingerprint density at radius 2 is 1.85 bits per heavy atom.